The first kappa shape index (κ1) is 9.02. The average Bonchev–Trinajstić information content (AvgIpc) is 2.77. The van der Waals surface area contributed by atoms with Gasteiger partial charge in [0.15, 0.2) is 0 Å². The van der Waals surface area contributed by atoms with Crippen LogP contribution in [0.2, 0.25) is 0 Å². The van der Waals surface area contributed by atoms with E-state index >= 15 is 0 Å². The van der Waals surface area contributed by atoms with Crippen LogP contribution in [0.5, 0.6) is 0 Å². The Morgan fingerprint density at radius 1 is 1.25 bits per heavy atom. The number of aromatic nitrogens is 4. The molecule has 0 saturated carbocycles. The summed E-state index contributed by atoms with van der Waals surface area (Å²) in [5.41, 5.74) is 8.23. The molecule has 0 aromatic carbocycles. The summed E-state index contributed by atoms with van der Waals surface area (Å²) in [6.45, 7) is 0.862. The summed E-state index contributed by atoms with van der Waals surface area (Å²) in [6.07, 6.45) is 5.84. The Kier molecular flexibility index (Phi) is 1.92. The van der Waals surface area contributed by atoms with E-state index in [-0.39, 0.29) is 5.95 Å². The normalized spacial score (nSPS) is 13.2. The summed E-state index contributed by atoms with van der Waals surface area (Å²) in [5, 5.41) is 3.17. The molecule has 2 aromatic heterocycles. The summed E-state index contributed by atoms with van der Waals surface area (Å²) in [6, 6.07) is 0. The van der Waals surface area contributed by atoms with Gasteiger partial charge in [0.2, 0.25) is 5.95 Å². The SMILES string of the molecule is Nc1nc2c(c(-c3cnccn3)n1)CCN2. The van der Waals surface area contributed by atoms with Crippen LogP contribution in [0.25, 0.3) is 11.4 Å². The van der Waals surface area contributed by atoms with Crippen LogP contribution in [0.3, 0.4) is 0 Å². The third-order valence-corrected chi connectivity index (χ3v) is 2.50. The van der Waals surface area contributed by atoms with Gasteiger partial charge in [-0.3, -0.25) is 9.97 Å². The zero-order valence-electron chi connectivity index (χ0n) is 8.51. The summed E-state index contributed by atoms with van der Waals surface area (Å²) < 4.78 is 0. The fraction of sp³-hybridized carbons (Fsp3) is 0.200. The van der Waals surface area contributed by atoms with Gasteiger partial charge in [-0.05, 0) is 6.42 Å². The number of nitrogen functional groups attached to an aromatic ring is 1. The van der Waals surface area contributed by atoms with E-state index in [1.807, 2.05) is 0 Å². The van der Waals surface area contributed by atoms with E-state index in [2.05, 4.69) is 25.3 Å². The highest BCUT2D eigenvalue weighted by atomic mass is 15.1. The molecule has 6 heteroatoms. The van der Waals surface area contributed by atoms with Gasteiger partial charge in [0.05, 0.1) is 6.20 Å². The molecule has 0 spiro atoms. The number of nitrogens with one attached hydrogen (secondary N) is 1. The van der Waals surface area contributed by atoms with Gasteiger partial charge in [-0.1, -0.05) is 0 Å². The highest BCUT2D eigenvalue weighted by Gasteiger charge is 2.19. The average molecular weight is 214 g/mol. The van der Waals surface area contributed by atoms with Crippen LogP contribution in [-0.4, -0.2) is 26.5 Å². The molecule has 1 aliphatic rings. The van der Waals surface area contributed by atoms with Crippen LogP contribution in [0.15, 0.2) is 18.6 Å². The quantitative estimate of drug-likeness (QED) is 0.717. The van der Waals surface area contributed by atoms with Crippen molar-refractivity contribution in [2.24, 2.45) is 0 Å². The molecule has 0 radical (unpaired) electrons. The lowest BCUT2D eigenvalue weighted by Crippen LogP contribution is -2.02. The van der Waals surface area contributed by atoms with E-state index < -0.39 is 0 Å². The predicted octanol–water partition coefficient (Wildman–Crippen LogP) is 0.484. The molecular weight excluding hydrogens is 204 g/mol. The fourth-order valence-electron chi connectivity index (χ4n) is 1.82. The van der Waals surface area contributed by atoms with Gasteiger partial charge in [0.1, 0.15) is 17.2 Å². The fourth-order valence-corrected chi connectivity index (χ4v) is 1.82. The lowest BCUT2D eigenvalue weighted by atomic mass is 10.1. The molecule has 3 heterocycles. The van der Waals surface area contributed by atoms with Crippen molar-refractivity contribution >= 4 is 11.8 Å². The molecule has 3 N–H and O–H groups in total. The number of nitrogens with zero attached hydrogens (tertiary/aromatic N) is 4. The molecule has 6 nitrogen and oxygen atoms in total. The maximum absolute atomic E-state index is 5.66. The molecule has 2 aromatic rings. The third-order valence-electron chi connectivity index (χ3n) is 2.50. The standard InChI is InChI=1S/C10H10N6/c11-10-15-8(7-5-12-3-4-13-7)6-1-2-14-9(6)16-10/h3-5H,1-2H2,(H3,11,14,15,16). The zero-order chi connectivity index (χ0) is 11.0. The van der Waals surface area contributed by atoms with Gasteiger partial charge in [-0.25, -0.2) is 4.98 Å². The van der Waals surface area contributed by atoms with Crippen LogP contribution in [-0.2, 0) is 6.42 Å². The van der Waals surface area contributed by atoms with Gasteiger partial charge >= 0.3 is 0 Å². The second-order valence-corrected chi connectivity index (χ2v) is 3.53. The molecule has 16 heavy (non-hydrogen) atoms. The van der Waals surface area contributed by atoms with Gasteiger partial charge < -0.3 is 11.1 Å². The Hall–Kier alpha value is -2.24. The van der Waals surface area contributed by atoms with E-state index in [0.717, 1.165) is 35.7 Å². The maximum atomic E-state index is 5.66. The molecule has 0 saturated heterocycles. The Morgan fingerprint density at radius 2 is 2.19 bits per heavy atom. The molecule has 0 fully saturated rings. The van der Waals surface area contributed by atoms with Gasteiger partial charge in [0, 0.05) is 24.5 Å². The molecule has 1 aliphatic heterocycles. The number of hydrogen-bond acceptors (Lipinski definition) is 6. The molecule has 0 amide bonds. The van der Waals surface area contributed by atoms with Crippen molar-refractivity contribution in [3.63, 3.8) is 0 Å². The first-order chi connectivity index (χ1) is 7.84. The molecule has 0 bridgehead atoms. The Bertz CT molecular complexity index is 524. The lowest BCUT2D eigenvalue weighted by Gasteiger charge is -2.06. The van der Waals surface area contributed by atoms with Gasteiger partial charge in [0.25, 0.3) is 0 Å². The van der Waals surface area contributed by atoms with Crippen LogP contribution in [0.1, 0.15) is 5.56 Å². The highest BCUT2D eigenvalue weighted by molar-refractivity contribution is 5.68. The van der Waals surface area contributed by atoms with Crippen LogP contribution >= 0.6 is 0 Å². The van der Waals surface area contributed by atoms with Crippen molar-refractivity contribution in [2.75, 3.05) is 17.6 Å². The topological polar surface area (TPSA) is 89.6 Å². The number of hydrogen-bond donors (Lipinski definition) is 2. The number of nitrogens with two attached hydrogens (primary N) is 1. The first-order valence-corrected chi connectivity index (χ1v) is 5.01. The minimum absolute atomic E-state index is 0.258. The Balaban J connectivity index is 2.21. The van der Waals surface area contributed by atoms with Crippen molar-refractivity contribution in [3.8, 4) is 11.4 Å². The van der Waals surface area contributed by atoms with Crippen LogP contribution in [0.4, 0.5) is 11.8 Å². The van der Waals surface area contributed by atoms with E-state index in [9.17, 15) is 0 Å². The molecule has 0 unspecified atom stereocenters. The van der Waals surface area contributed by atoms with Crippen molar-refractivity contribution in [3.05, 3.63) is 24.2 Å². The largest absolute Gasteiger partial charge is 0.369 e. The monoisotopic (exact) mass is 214 g/mol. The Morgan fingerprint density at radius 3 is 3.00 bits per heavy atom. The summed E-state index contributed by atoms with van der Waals surface area (Å²) in [4.78, 5) is 16.7. The minimum atomic E-state index is 0.258. The van der Waals surface area contributed by atoms with Crippen molar-refractivity contribution < 1.29 is 0 Å². The summed E-state index contributed by atoms with van der Waals surface area (Å²) in [7, 11) is 0. The number of rotatable bonds is 1. The second-order valence-electron chi connectivity index (χ2n) is 3.53. The third kappa shape index (κ3) is 1.35. The van der Waals surface area contributed by atoms with E-state index in [1.165, 1.54) is 0 Å². The van der Waals surface area contributed by atoms with Gasteiger partial charge in [-0.2, -0.15) is 4.98 Å². The Labute approximate surface area is 92.0 Å². The van der Waals surface area contributed by atoms with Crippen LogP contribution < -0.4 is 11.1 Å². The minimum Gasteiger partial charge on any atom is -0.369 e. The summed E-state index contributed by atoms with van der Waals surface area (Å²) in [5.74, 6) is 1.07. The van der Waals surface area contributed by atoms with E-state index in [0.29, 0.717) is 0 Å². The van der Waals surface area contributed by atoms with E-state index in [4.69, 9.17) is 5.73 Å². The molecular formula is C10H10N6. The van der Waals surface area contributed by atoms with E-state index in [1.54, 1.807) is 18.6 Å². The first-order valence-electron chi connectivity index (χ1n) is 5.01. The predicted molar refractivity (Wildman–Crippen MR) is 59.7 cm³/mol. The molecule has 80 valence electrons. The number of fused-ring (bicyclic) bond motifs is 1. The molecule has 0 aliphatic carbocycles. The molecule has 0 atom stereocenters. The van der Waals surface area contributed by atoms with Crippen molar-refractivity contribution in [1.82, 2.24) is 19.9 Å². The highest BCUT2D eigenvalue weighted by Crippen LogP contribution is 2.29. The summed E-state index contributed by atoms with van der Waals surface area (Å²) >= 11 is 0. The zero-order valence-corrected chi connectivity index (χ0v) is 8.51. The van der Waals surface area contributed by atoms with Gasteiger partial charge in [-0.15, -0.1) is 0 Å². The van der Waals surface area contributed by atoms with Crippen molar-refractivity contribution in [2.45, 2.75) is 6.42 Å². The molecule has 3 rings (SSSR count). The lowest BCUT2D eigenvalue weighted by molar-refractivity contribution is 1.08. The second kappa shape index (κ2) is 3.41. The maximum Gasteiger partial charge on any atom is 0.222 e. The van der Waals surface area contributed by atoms with Crippen LogP contribution in [0, 0.1) is 0 Å². The smallest absolute Gasteiger partial charge is 0.222 e. The van der Waals surface area contributed by atoms with Crippen molar-refractivity contribution in [1.29, 1.82) is 0 Å². The number of anilines is 2.